The number of hydrogen-bond acceptors (Lipinski definition) is 2. The average Bonchev–Trinajstić information content (AvgIpc) is 2.98. The fraction of sp³-hybridized carbons (Fsp3) is 0.588. The zero-order chi connectivity index (χ0) is 14.1. The van der Waals surface area contributed by atoms with Gasteiger partial charge in [0.15, 0.2) is 0 Å². The van der Waals surface area contributed by atoms with Gasteiger partial charge in [-0.25, -0.2) is 0 Å². The van der Waals surface area contributed by atoms with Gasteiger partial charge in [-0.1, -0.05) is 50.1 Å². The van der Waals surface area contributed by atoms with Gasteiger partial charge in [-0.2, -0.15) is 0 Å². The summed E-state index contributed by atoms with van der Waals surface area (Å²) in [5.41, 5.74) is 1.08. The van der Waals surface area contributed by atoms with Crippen LogP contribution in [-0.2, 0) is 4.79 Å². The first-order chi connectivity index (χ1) is 9.66. The van der Waals surface area contributed by atoms with E-state index in [1.54, 1.807) is 0 Å². The highest BCUT2D eigenvalue weighted by Crippen LogP contribution is 2.34. The first-order valence-corrected chi connectivity index (χ1v) is 7.78. The Morgan fingerprint density at radius 3 is 2.60 bits per heavy atom. The molecule has 1 amide bonds. The van der Waals surface area contributed by atoms with Gasteiger partial charge in [0, 0.05) is 6.54 Å². The molecule has 1 aromatic carbocycles. The summed E-state index contributed by atoms with van der Waals surface area (Å²) >= 11 is 0. The van der Waals surface area contributed by atoms with Crippen LogP contribution in [0.3, 0.4) is 0 Å². The molecule has 4 atom stereocenters. The van der Waals surface area contributed by atoms with E-state index in [2.05, 4.69) is 19.2 Å². The van der Waals surface area contributed by atoms with Gasteiger partial charge in [-0.15, -0.1) is 0 Å². The lowest BCUT2D eigenvalue weighted by Crippen LogP contribution is -2.38. The molecule has 1 N–H and O–H groups in total. The minimum absolute atomic E-state index is 0.139. The number of carbonyl (C=O) groups excluding carboxylic acids is 1. The summed E-state index contributed by atoms with van der Waals surface area (Å²) in [5.74, 6) is 1.67. The van der Waals surface area contributed by atoms with Gasteiger partial charge < -0.3 is 4.90 Å². The Labute approximate surface area is 121 Å². The van der Waals surface area contributed by atoms with E-state index in [1.165, 1.54) is 19.3 Å². The lowest BCUT2D eigenvalue weighted by molar-refractivity contribution is -0.130. The van der Waals surface area contributed by atoms with Crippen molar-refractivity contribution in [3.63, 3.8) is 0 Å². The Kier molecular flexibility index (Phi) is 3.79. The van der Waals surface area contributed by atoms with Crippen molar-refractivity contribution in [3.05, 3.63) is 35.9 Å². The van der Waals surface area contributed by atoms with Crippen LogP contribution >= 0.6 is 0 Å². The largest absolute Gasteiger partial charge is 0.325 e. The Morgan fingerprint density at radius 2 is 1.95 bits per heavy atom. The first-order valence-electron chi connectivity index (χ1n) is 7.78. The fourth-order valence-corrected chi connectivity index (χ4v) is 3.64. The molecule has 1 heterocycles. The Balaban J connectivity index is 1.72. The molecule has 1 aliphatic heterocycles. The van der Waals surface area contributed by atoms with E-state index in [4.69, 9.17) is 0 Å². The number of hydrogen-bond donors (Lipinski definition) is 1. The number of nitrogens with one attached hydrogen (secondary N) is 1. The second-order valence-corrected chi connectivity index (χ2v) is 6.35. The third kappa shape index (κ3) is 2.47. The van der Waals surface area contributed by atoms with Gasteiger partial charge in [0.2, 0.25) is 5.91 Å². The summed E-state index contributed by atoms with van der Waals surface area (Å²) in [7, 11) is 0. The van der Waals surface area contributed by atoms with Gasteiger partial charge >= 0.3 is 0 Å². The Bertz CT molecular complexity index is 473. The van der Waals surface area contributed by atoms with E-state index in [0.29, 0.717) is 5.92 Å². The lowest BCUT2D eigenvalue weighted by atomic mass is 9.97. The molecule has 2 fully saturated rings. The molecule has 0 bridgehead atoms. The van der Waals surface area contributed by atoms with E-state index < -0.39 is 0 Å². The van der Waals surface area contributed by atoms with Crippen LogP contribution in [0.25, 0.3) is 0 Å². The monoisotopic (exact) mass is 272 g/mol. The van der Waals surface area contributed by atoms with Crippen molar-refractivity contribution in [1.82, 2.24) is 10.2 Å². The van der Waals surface area contributed by atoms with Crippen LogP contribution in [0.5, 0.6) is 0 Å². The maximum atomic E-state index is 12.7. The third-order valence-corrected chi connectivity index (χ3v) is 5.01. The number of amides is 1. The summed E-state index contributed by atoms with van der Waals surface area (Å²) in [6.07, 6.45) is 4.04. The zero-order valence-electron chi connectivity index (χ0n) is 12.4. The van der Waals surface area contributed by atoms with E-state index in [9.17, 15) is 4.79 Å². The van der Waals surface area contributed by atoms with Crippen LogP contribution in [0.4, 0.5) is 0 Å². The van der Waals surface area contributed by atoms with Crippen LogP contribution in [-0.4, -0.2) is 23.5 Å². The van der Waals surface area contributed by atoms with Crippen LogP contribution in [0.2, 0.25) is 0 Å². The van der Waals surface area contributed by atoms with Crippen molar-refractivity contribution < 1.29 is 4.79 Å². The lowest BCUT2D eigenvalue weighted by Gasteiger charge is -2.26. The molecule has 4 unspecified atom stereocenters. The van der Waals surface area contributed by atoms with E-state index in [1.807, 2.05) is 35.2 Å². The van der Waals surface area contributed by atoms with Crippen LogP contribution in [0.15, 0.2) is 30.3 Å². The van der Waals surface area contributed by atoms with Crippen LogP contribution in [0.1, 0.15) is 44.7 Å². The molecular weight excluding hydrogens is 248 g/mol. The molecule has 108 valence electrons. The molecule has 1 saturated carbocycles. The number of carbonyl (C=O) groups is 1. The third-order valence-electron chi connectivity index (χ3n) is 5.01. The summed E-state index contributed by atoms with van der Waals surface area (Å²) in [6, 6.07) is 9.88. The van der Waals surface area contributed by atoms with Crippen LogP contribution < -0.4 is 5.32 Å². The molecule has 3 nitrogen and oxygen atoms in total. The maximum absolute atomic E-state index is 12.7. The second-order valence-electron chi connectivity index (χ2n) is 6.35. The van der Waals surface area contributed by atoms with Crippen LogP contribution in [0, 0.1) is 11.8 Å². The van der Waals surface area contributed by atoms with Crippen molar-refractivity contribution in [2.45, 2.75) is 45.3 Å². The molecule has 0 spiro atoms. The number of rotatable bonds is 3. The summed E-state index contributed by atoms with van der Waals surface area (Å²) in [4.78, 5) is 14.7. The molecule has 3 rings (SSSR count). The van der Waals surface area contributed by atoms with Crippen molar-refractivity contribution in [3.8, 4) is 0 Å². The topological polar surface area (TPSA) is 32.3 Å². The quantitative estimate of drug-likeness (QED) is 0.917. The maximum Gasteiger partial charge on any atom is 0.245 e. The van der Waals surface area contributed by atoms with Crippen molar-refractivity contribution in [2.24, 2.45) is 11.8 Å². The minimum atomic E-state index is -0.164. The predicted octanol–water partition coefficient (Wildman–Crippen LogP) is 2.94. The van der Waals surface area contributed by atoms with E-state index >= 15 is 0 Å². The fourth-order valence-electron chi connectivity index (χ4n) is 3.64. The number of nitrogens with zero attached hydrogens (tertiary/aromatic N) is 1. The standard InChI is InChI=1S/C17H24N2O/c1-12-7-6-10-15(12)11-19-13(2)18-16(17(19)20)14-8-4-3-5-9-14/h3-5,8-9,12-13,15-16,18H,6-7,10-11H2,1-2H3. The molecule has 0 aromatic heterocycles. The number of benzene rings is 1. The average molecular weight is 272 g/mol. The smallest absolute Gasteiger partial charge is 0.245 e. The molecule has 20 heavy (non-hydrogen) atoms. The Hall–Kier alpha value is -1.35. The Morgan fingerprint density at radius 1 is 1.20 bits per heavy atom. The van der Waals surface area contributed by atoms with Crippen molar-refractivity contribution >= 4 is 5.91 Å². The van der Waals surface area contributed by atoms with Crippen molar-refractivity contribution in [2.75, 3.05) is 6.54 Å². The highest BCUT2D eigenvalue weighted by atomic mass is 16.2. The van der Waals surface area contributed by atoms with Gasteiger partial charge in [0.1, 0.15) is 6.04 Å². The first kappa shape index (κ1) is 13.6. The van der Waals surface area contributed by atoms with Crippen molar-refractivity contribution in [1.29, 1.82) is 0 Å². The SMILES string of the molecule is CC1CCCC1CN1C(=O)C(c2ccccc2)NC1C. The highest BCUT2D eigenvalue weighted by molar-refractivity contribution is 5.85. The molecule has 2 aliphatic rings. The molecule has 1 aliphatic carbocycles. The molecule has 0 radical (unpaired) electrons. The molecule has 1 aromatic rings. The zero-order valence-corrected chi connectivity index (χ0v) is 12.4. The molecule has 1 saturated heterocycles. The normalized spacial score (nSPS) is 33.9. The summed E-state index contributed by atoms with van der Waals surface area (Å²) in [6.45, 7) is 5.34. The molecular formula is C17H24N2O. The van der Waals surface area contributed by atoms with Gasteiger partial charge in [0.25, 0.3) is 0 Å². The predicted molar refractivity (Wildman–Crippen MR) is 80.0 cm³/mol. The van der Waals surface area contributed by atoms with Gasteiger partial charge in [0.05, 0.1) is 6.17 Å². The highest BCUT2D eigenvalue weighted by Gasteiger charge is 2.39. The summed E-state index contributed by atoms with van der Waals surface area (Å²) in [5, 5.41) is 3.44. The van der Waals surface area contributed by atoms with Gasteiger partial charge in [-0.05, 0) is 30.7 Å². The van der Waals surface area contributed by atoms with E-state index in [-0.39, 0.29) is 18.1 Å². The van der Waals surface area contributed by atoms with Gasteiger partial charge in [-0.3, -0.25) is 10.1 Å². The summed E-state index contributed by atoms with van der Waals surface area (Å²) < 4.78 is 0. The van der Waals surface area contributed by atoms with E-state index in [0.717, 1.165) is 18.0 Å². The molecule has 3 heteroatoms. The minimum Gasteiger partial charge on any atom is -0.325 e. The second kappa shape index (κ2) is 5.57.